The van der Waals surface area contributed by atoms with Crippen LogP contribution in [0.5, 0.6) is 0 Å². The van der Waals surface area contributed by atoms with Gasteiger partial charge in [-0.05, 0) is 73.3 Å². The molecule has 36 heavy (non-hydrogen) atoms. The summed E-state index contributed by atoms with van der Waals surface area (Å²) in [7, 11) is 0. The van der Waals surface area contributed by atoms with Gasteiger partial charge in [0.2, 0.25) is 0 Å². The van der Waals surface area contributed by atoms with Gasteiger partial charge in [-0.15, -0.1) is 0 Å². The van der Waals surface area contributed by atoms with Crippen molar-refractivity contribution in [2.24, 2.45) is 0 Å². The van der Waals surface area contributed by atoms with E-state index in [9.17, 15) is 28.8 Å². The third-order valence-electron chi connectivity index (χ3n) is 3.99. The monoisotopic (exact) mass is 844 g/mol. The van der Waals surface area contributed by atoms with Crippen LogP contribution in [0.25, 0.3) is 0 Å². The zero-order valence-electron chi connectivity index (χ0n) is 19.6. The summed E-state index contributed by atoms with van der Waals surface area (Å²) in [6, 6.07) is 0. The van der Waals surface area contributed by atoms with Crippen molar-refractivity contribution in [3.8, 4) is 0 Å². The van der Waals surface area contributed by atoms with Crippen molar-refractivity contribution in [3.63, 3.8) is 0 Å². The van der Waals surface area contributed by atoms with E-state index in [1.165, 1.54) is 27.7 Å². The summed E-state index contributed by atoms with van der Waals surface area (Å²) in [6.07, 6.45) is -0.789. The molecule has 2 amide bonds. The number of carbonyl (C=O) groups excluding carboxylic acids is 6. The Balaban J connectivity index is 3.50. The molecule has 15 heteroatoms. The Hall–Kier alpha value is -1.77. The van der Waals surface area contributed by atoms with Crippen LogP contribution in [0.2, 0.25) is 0 Å². The fraction of sp³-hybridized carbons (Fsp3) is 0.429. The molecule has 0 spiro atoms. The third kappa shape index (κ3) is 11.1. The highest BCUT2D eigenvalue weighted by Gasteiger charge is 2.26. The van der Waals surface area contributed by atoms with E-state index >= 15 is 0 Å². The van der Waals surface area contributed by atoms with Gasteiger partial charge >= 0.3 is 23.9 Å². The maximum atomic E-state index is 12.4. The molecule has 0 aliphatic rings. The van der Waals surface area contributed by atoms with E-state index in [1.807, 2.05) is 67.8 Å². The van der Waals surface area contributed by atoms with Crippen molar-refractivity contribution in [2.45, 2.75) is 40.2 Å². The molecule has 0 bridgehead atoms. The summed E-state index contributed by atoms with van der Waals surface area (Å²) in [5, 5.41) is 5.33. The van der Waals surface area contributed by atoms with Crippen LogP contribution in [0.4, 0.5) is 11.4 Å². The fourth-order valence-electron chi connectivity index (χ4n) is 2.61. The normalized spacial score (nSPS) is 11.1. The second-order valence-corrected chi connectivity index (χ2v) is 10.3. The molecular weight excluding hydrogens is 821 g/mol. The summed E-state index contributed by atoms with van der Waals surface area (Å²) in [6.45, 7) is 3.49. The number of amides is 2. The summed E-state index contributed by atoms with van der Waals surface area (Å²) >= 11 is 5.91. The summed E-state index contributed by atoms with van der Waals surface area (Å²) in [4.78, 5) is 69.9. The first-order valence-corrected chi connectivity index (χ1v) is 13.3. The molecular formula is C21H23I3N2O10. The third-order valence-corrected chi connectivity index (χ3v) is 7.45. The predicted octanol–water partition coefficient (Wildman–Crippen LogP) is 2.54. The average Bonchev–Trinajstić information content (AvgIpc) is 2.77. The number of carbonyl (C=O) groups is 6. The van der Waals surface area contributed by atoms with Gasteiger partial charge in [0, 0.05) is 41.3 Å². The van der Waals surface area contributed by atoms with Crippen LogP contribution >= 0.6 is 67.8 Å². The van der Waals surface area contributed by atoms with Gasteiger partial charge < -0.3 is 29.6 Å². The summed E-state index contributed by atoms with van der Waals surface area (Å²) in [5.41, 5.74) is 1.18. The number of esters is 4. The largest absolute Gasteiger partial charge is 0.462 e. The van der Waals surface area contributed by atoms with Crippen LogP contribution < -0.4 is 10.6 Å². The number of hydrogen-bond acceptors (Lipinski definition) is 10. The van der Waals surface area contributed by atoms with Crippen molar-refractivity contribution in [3.05, 3.63) is 16.3 Å². The van der Waals surface area contributed by atoms with Crippen molar-refractivity contribution >= 4 is 115 Å². The molecule has 0 aromatic heterocycles. The maximum absolute atomic E-state index is 12.4. The van der Waals surface area contributed by atoms with E-state index in [2.05, 4.69) is 10.6 Å². The minimum atomic E-state index is -0.859. The summed E-state index contributed by atoms with van der Waals surface area (Å²) in [5.74, 6) is -3.66. The van der Waals surface area contributed by atoms with Crippen LogP contribution in [0.1, 0.15) is 33.3 Å². The molecule has 0 aliphatic heterocycles. The first kappa shape index (κ1) is 32.3. The Bertz CT molecular complexity index is 1000. The molecule has 0 saturated heterocycles. The molecule has 1 atom stereocenters. The molecule has 1 aromatic rings. The van der Waals surface area contributed by atoms with Crippen molar-refractivity contribution in [1.82, 2.24) is 0 Å². The number of nitrogens with one attached hydrogen (secondary N) is 2. The standard InChI is InChI=1S/C21H23I3N2O10/c1-9(27)33-6-13(36-12(4)30)5-14-17(22)20(25-15(31)7-34-10(2)28)19(24)21(18(14)23)26-16(32)8-35-11(3)29/h13H,5-8H2,1-4H3,(H,25,31)(H,26,32). The van der Waals surface area contributed by atoms with E-state index in [4.69, 9.17) is 18.9 Å². The molecule has 2 N–H and O–H groups in total. The highest BCUT2D eigenvalue weighted by molar-refractivity contribution is 14.1. The Morgan fingerprint density at radius 3 is 1.44 bits per heavy atom. The minimum absolute atomic E-state index is 0.0694. The van der Waals surface area contributed by atoms with Gasteiger partial charge in [0.25, 0.3) is 11.8 Å². The molecule has 0 saturated carbocycles. The van der Waals surface area contributed by atoms with Gasteiger partial charge in [-0.25, -0.2) is 0 Å². The smallest absolute Gasteiger partial charge is 0.303 e. The molecule has 1 rings (SSSR count). The first-order chi connectivity index (χ1) is 16.7. The highest BCUT2D eigenvalue weighted by Crippen LogP contribution is 2.39. The van der Waals surface area contributed by atoms with Crippen LogP contribution in [0.15, 0.2) is 0 Å². The SMILES string of the molecule is CC(=O)OCC(=O)Nc1c(I)c(CC(COC(C)=O)OC(C)=O)c(I)c(NC(=O)COC(C)=O)c1I. The van der Waals surface area contributed by atoms with Crippen molar-refractivity contribution in [2.75, 3.05) is 30.5 Å². The van der Waals surface area contributed by atoms with Gasteiger partial charge in [0.15, 0.2) is 13.2 Å². The molecule has 1 aromatic carbocycles. The number of ether oxygens (including phenoxy) is 4. The Labute approximate surface area is 247 Å². The predicted molar refractivity (Wildman–Crippen MR) is 151 cm³/mol. The van der Waals surface area contributed by atoms with Gasteiger partial charge in [0.1, 0.15) is 12.7 Å². The van der Waals surface area contributed by atoms with E-state index in [0.29, 0.717) is 27.6 Å². The van der Waals surface area contributed by atoms with Gasteiger partial charge in [0.05, 0.1) is 14.9 Å². The quantitative estimate of drug-likeness (QED) is 0.193. The molecule has 198 valence electrons. The zero-order chi connectivity index (χ0) is 27.6. The number of hydrogen-bond donors (Lipinski definition) is 2. The van der Waals surface area contributed by atoms with Gasteiger partial charge in [-0.2, -0.15) is 0 Å². The Kier molecular flexibility index (Phi) is 13.9. The van der Waals surface area contributed by atoms with E-state index in [1.54, 1.807) is 0 Å². The number of rotatable bonds is 11. The van der Waals surface area contributed by atoms with Crippen LogP contribution in [-0.2, 0) is 54.1 Å². The topological polar surface area (TPSA) is 163 Å². The number of anilines is 2. The van der Waals surface area contributed by atoms with E-state index < -0.39 is 55.0 Å². The van der Waals surface area contributed by atoms with E-state index in [0.717, 1.165) is 0 Å². The molecule has 12 nitrogen and oxygen atoms in total. The van der Waals surface area contributed by atoms with Crippen LogP contribution in [0, 0.1) is 10.7 Å². The molecule has 0 fully saturated rings. The lowest BCUT2D eigenvalue weighted by atomic mass is 10.1. The molecule has 0 radical (unpaired) electrons. The number of halogens is 3. The zero-order valence-corrected chi connectivity index (χ0v) is 26.1. The van der Waals surface area contributed by atoms with Crippen molar-refractivity contribution < 1.29 is 47.7 Å². The van der Waals surface area contributed by atoms with Gasteiger partial charge in [-0.3, -0.25) is 28.8 Å². The van der Waals surface area contributed by atoms with Crippen LogP contribution in [-0.4, -0.2) is 61.6 Å². The second kappa shape index (κ2) is 15.5. The number of benzene rings is 1. The van der Waals surface area contributed by atoms with Crippen LogP contribution in [0.3, 0.4) is 0 Å². The lowest BCUT2D eigenvalue weighted by molar-refractivity contribution is -0.156. The lowest BCUT2D eigenvalue weighted by Crippen LogP contribution is -2.28. The second-order valence-electron chi connectivity index (χ2n) is 7.07. The Morgan fingerprint density at radius 2 is 1.08 bits per heavy atom. The lowest BCUT2D eigenvalue weighted by Gasteiger charge is -2.23. The first-order valence-electron chi connectivity index (χ1n) is 10.1. The fourth-order valence-corrected chi connectivity index (χ4v) is 6.75. The maximum Gasteiger partial charge on any atom is 0.303 e. The summed E-state index contributed by atoms with van der Waals surface area (Å²) < 4.78 is 21.4. The highest BCUT2D eigenvalue weighted by atomic mass is 127. The molecule has 0 aliphatic carbocycles. The Morgan fingerprint density at radius 1 is 0.667 bits per heavy atom. The molecule has 0 heterocycles. The van der Waals surface area contributed by atoms with Gasteiger partial charge in [-0.1, -0.05) is 0 Å². The minimum Gasteiger partial charge on any atom is -0.462 e. The van der Waals surface area contributed by atoms with Crippen molar-refractivity contribution in [1.29, 1.82) is 0 Å². The van der Waals surface area contributed by atoms with E-state index in [-0.39, 0.29) is 13.0 Å². The molecule has 1 unspecified atom stereocenters. The average molecular weight is 844 g/mol.